The lowest BCUT2D eigenvalue weighted by Crippen LogP contribution is -2.42. The number of carbonyl (C=O) groups is 1. The molecule has 4 rings (SSSR count). The van der Waals surface area contributed by atoms with Crippen molar-refractivity contribution in [2.75, 3.05) is 7.11 Å². The van der Waals surface area contributed by atoms with Gasteiger partial charge in [-0.15, -0.1) is 0 Å². The van der Waals surface area contributed by atoms with Crippen molar-refractivity contribution in [2.24, 2.45) is 0 Å². The number of rotatable bonds is 6. The number of fused-ring (bicyclic) bond motifs is 1. The highest BCUT2D eigenvalue weighted by atomic mass is 19.4. The highest BCUT2D eigenvalue weighted by molar-refractivity contribution is 6.10. The summed E-state index contributed by atoms with van der Waals surface area (Å²) in [6, 6.07) is 11.4. The van der Waals surface area contributed by atoms with E-state index < -0.39 is 34.9 Å². The van der Waals surface area contributed by atoms with Crippen LogP contribution in [-0.2, 0) is 15.3 Å². The Balaban J connectivity index is 1.79. The molecule has 0 fully saturated rings. The van der Waals surface area contributed by atoms with Crippen molar-refractivity contribution in [1.82, 2.24) is 16.3 Å². The van der Waals surface area contributed by atoms with E-state index in [1.54, 1.807) is 24.3 Å². The van der Waals surface area contributed by atoms with Crippen molar-refractivity contribution in [2.45, 2.75) is 11.8 Å². The van der Waals surface area contributed by atoms with E-state index in [-0.39, 0.29) is 11.3 Å². The van der Waals surface area contributed by atoms with Gasteiger partial charge in [-0.05, 0) is 35.0 Å². The Kier molecular flexibility index (Phi) is 6.46. The van der Waals surface area contributed by atoms with E-state index in [2.05, 4.69) is 21.1 Å². The van der Waals surface area contributed by atoms with Gasteiger partial charge in [0, 0.05) is 29.1 Å². The SMILES string of the molecule is CONC=CNC(=O)c1ccc(C2=CC(c3ccc(F)c(F)c3)(C(F)(F)F)ON2)c2ccccc12. The molecule has 3 aromatic rings. The summed E-state index contributed by atoms with van der Waals surface area (Å²) < 4.78 is 69.7. The van der Waals surface area contributed by atoms with Gasteiger partial charge in [-0.1, -0.05) is 36.4 Å². The van der Waals surface area contributed by atoms with Crippen molar-refractivity contribution in [1.29, 1.82) is 0 Å². The summed E-state index contributed by atoms with van der Waals surface area (Å²) in [5, 5.41) is 3.48. The quantitative estimate of drug-likeness (QED) is 0.341. The molecule has 1 aliphatic rings. The van der Waals surface area contributed by atoms with Crippen LogP contribution >= 0.6 is 0 Å². The zero-order chi connectivity index (χ0) is 25.2. The first kappa shape index (κ1) is 24.2. The molecule has 0 aromatic heterocycles. The van der Waals surface area contributed by atoms with Gasteiger partial charge in [0.15, 0.2) is 11.6 Å². The minimum Gasteiger partial charge on any atom is -0.327 e. The number of carbonyl (C=O) groups excluding carboxylic acids is 1. The second kappa shape index (κ2) is 9.35. The second-order valence-corrected chi connectivity index (χ2v) is 7.46. The van der Waals surface area contributed by atoms with E-state index in [0.29, 0.717) is 28.5 Å². The molecule has 0 saturated carbocycles. The van der Waals surface area contributed by atoms with Gasteiger partial charge in [-0.3, -0.25) is 25.4 Å². The van der Waals surface area contributed by atoms with Gasteiger partial charge in [0.1, 0.15) is 0 Å². The van der Waals surface area contributed by atoms with E-state index in [1.807, 2.05) is 0 Å². The van der Waals surface area contributed by atoms with Gasteiger partial charge in [0.05, 0.1) is 12.8 Å². The molecular formula is C24H18F5N3O3. The lowest BCUT2D eigenvalue weighted by molar-refractivity contribution is -0.269. The molecule has 0 aliphatic carbocycles. The maximum Gasteiger partial charge on any atom is 0.428 e. The topological polar surface area (TPSA) is 71.6 Å². The minimum absolute atomic E-state index is 0.0561. The number of hydrogen-bond acceptors (Lipinski definition) is 5. The standard InChI is InChI=1S/C24H18F5N3O3/c1-34-31-11-10-30-22(33)18-8-7-17(15-4-2-3-5-16(15)18)21-13-23(35-32-21,24(27,28)29)14-6-9-19(25)20(26)12-14/h2-13,31-32H,1H3,(H,30,33). The molecule has 1 aliphatic heterocycles. The van der Waals surface area contributed by atoms with Gasteiger partial charge in [0.25, 0.3) is 5.91 Å². The first-order valence-corrected chi connectivity index (χ1v) is 10.1. The van der Waals surface area contributed by atoms with Crippen LogP contribution in [0.3, 0.4) is 0 Å². The van der Waals surface area contributed by atoms with Gasteiger partial charge < -0.3 is 5.32 Å². The maximum atomic E-state index is 14.2. The monoisotopic (exact) mass is 491 g/mol. The van der Waals surface area contributed by atoms with Gasteiger partial charge in [-0.2, -0.15) is 13.2 Å². The van der Waals surface area contributed by atoms with Crippen LogP contribution in [0.4, 0.5) is 22.0 Å². The number of amides is 1. The molecule has 11 heteroatoms. The van der Waals surface area contributed by atoms with Gasteiger partial charge >= 0.3 is 6.18 Å². The average molecular weight is 491 g/mol. The molecule has 0 saturated heterocycles. The largest absolute Gasteiger partial charge is 0.428 e. The number of hydrogen-bond donors (Lipinski definition) is 3. The maximum absolute atomic E-state index is 14.2. The third kappa shape index (κ3) is 4.43. The van der Waals surface area contributed by atoms with Crippen LogP contribution in [0.25, 0.3) is 16.5 Å². The second-order valence-electron chi connectivity index (χ2n) is 7.46. The summed E-state index contributed by atoms with van der Waals surface area (Å²) in [6.45, 7) is 0. The van der Waals surface area contributed by atoms with E-state index in [9.17, 15) is 26.7 Å². The molecule has 3 N–H and O–H groups in total. The van der Waals surface area contributed by atoms with Crippen molar-refractivity contribution < 1.29 is 36.4 Å². The molecule has 0 radical (unpaired) electrons. The summed E-state index contributed by atoms with van der Waals surface area (Å²) in [5.74, 6) is -3.18. The molecule has 1 unspecified atom stereocenters. The molecule has 0 spiro atoms. The van der Waals surface area contributed by atoms with E-state index in [0.717, 1.165) is 12.1 Å². The third-order valence-corrected chi connectivity index (χ3v) is 5.38. The van der Waals surface area contributed by atoms with Crippen LogP contribution in [0.15, 0.2) is 73.1 Å². The lowest BCUT2D eigenvalue weighted by Gasteiger charge is -2.28. The summed E-state index contributed by atoms with van der Waals surface area (Å²) in [6.07, 6.45) is -1.57. The Bertz CT molecular complexity index is 1340. The molecule has 0 bridgehead atoms. The Morgan fingerprint density at radius 2 is 1.77 bits per heavy atom. The van der Waals surface area contributed by atoms with Crippen molar-refractivity contribution in [3.8, 4) is 0 Å². The van der Waals surface area contributed by atoms with E-state index in [1.165, 1.54) is 31.6 Å². The number of benzene rings is 3. The number of halogens is 5. The molecular weight excluding hydrogens is 473 g/mol. The summed E-state index contributed by atoms with van der Waals surface area (Å²) in [4.78, 5) is 22.2. The van der Waals surface area contributed by atoms with Crippen molar-refractivity contribution in [3.63, 3.8) is 0 Å². The highest BCUT2D eigenvalue weighted by Crippen LogP contribution is 2.48. The first-order chi connectivity index (χ1) is 16.7. The average Bonchev–Trinajstić information content (AvgIpc) is 3.29. The van der Waals surface area contributed by atoms with E-state index in [4.69, 9.17) is 4.84 Å². The van der Waals surface area contributed by atoms with Crippen molar-refractivity contribution in [3.05, 3.63) is 101 Å². The Hall–Kier alpha value is -3.96. The normalized spacial score (nSPS) is 17.9. The summed E-state index contributed by atoms with van der Waals surface area (Å²) >= 11 is 0. The van der Waals surface area contributed by atoms with Gasteiger partial charge in [0.2, 0.25) is 5.60 Å². The molecule has 35 heavy (non-hydrogen) atoms. The number of hydroxylamine groups is 2. The summed E-state index contributed by atoms with van der Waals surface area (Å²) in [7, 11) is 1.40. The van der Waals surface area contributed by atoms with Crippen molar-refractivity contribution >= 4 is 22.4 Å². The van der Waals surface area contributed by atoms with Crippen LogP contribution in [0, 0.1) is 11.6 Å². The molecule has 3 aromatic carbocycles. The first-order valence-electron chi connectivity index (χ1n) is 10.1. The number of nitrogens with one attached hydrogen (secondary N) is 3. The van der Waals surface area contributed by atoms with E-state index >= 15 is 0 Å². The molecule has 1 heterocycles. The van der Waals surface area contributed by atoms with Crippen LogP contribution in [-0.4, -0.2) is 19.2 Å². The molecule has 1 atom stereocenters. The van der Waals surface area contributed by atoms with Crippen LogP contribution in [0.2, 0.25) is 0 Å². The fourth-order valence-electron chi connectivity index (χ4n) is 3.73. The minimum atomic E-state index is -5.01. The number of alkyl halides is 3. The Labute approximate surface area is 195 Å². The fraction of sp³-hybridized carbons (Fsp3) is 0.125. The predicted molar refractivity (Wildman–Crippen MR) is 117 cm³/mol. The fourth-order valence-corrected chi connectivity index (χ4v) is 3.73. The Morgan fingerprint density at radius 1 is 1.03 bits per heavy atom. The van der Waals surface area contributed by atoms with Crippen LogP contribution in [0.5, 0.6) is 0 Å². The predicted octanol–water partition coefficient (Wildman–Crippen LogP) is 4.80. The summed E-state index contributed by atoms with van der Waals surface area (Å²) in [5.41, 5.74) is 1.53. The lowest BCUT2D eigenvalue weighted by atomic mass is 9.90. The zero-order valence-corrected chi connectivity index (χ0v) is 18.0. The van der Waals surface area contributed by atoms with Crippen LogP contribution < -0.4 is 16.3 Å². The molecule has 182 valence electrons. The van der Waals surface area contributed by atoms with Gasteiger partial charge in [-0.25, -0.2) is 8.78 Å². The highest BCUT2D eigenvalue weighted by Gasteiger charge is 2.59. The smallest absolute Gasteiger partial charge is 0.327 e. The zero-order valence-electron chi connectivity index (χ0n) is 18.0. The van der Waals surface area contributed by atoms with Crippen LogP contribution in [0.1, 0.15) is 21.5 Å². The molecule has 6 nitrogen and oxygen atoms in total. The molecule has 1 amide bonds. The Morgan fingerprint density at radius 3 is 2.46 bits per heavy atom. The third-order valence-electron chi connectivity index (χ3n) is 5.38.